The van der Waals surface area contributed by atoms with Gasteiger partial charge in [-0.1, -0.05) is 13.3 Å². The zero-order valence-corrected chi connectivity index (χ0v) is 10.6. The quantitative estimate of drug-likeness (QED) is 0.636. The van der Waals surface area contributed by atoms with Crippen molar-refractivity contribution in [3.63, 3.8) is 0 Å². The highest BCUT2D eigenvalue weighted by Crippen LogP contribution is 2.09. The third-order valence-corrected chi connectivity index (χ3v) is 2.29. The first-order chi connectivity index (χ1) is 6.90. The Balaban J connectivity index is 4.13. The van der Waals surface area contributed by atoms with E-state index in [9.17, 15) is 4.79 Å². The summed E-state index contributed by atoms with van der Waals surface area (Å²) in [5.41, 5.74) is 5.44. The number of hydrogen-bond acceptors (Lipinski definition) is 3. The number of Topliss-reactive ketones (excluding diaryl/α,β-unsaturated/α-hetero) is 1. The number of unbranched alkanes of at least 4 members (excludes halogenated alkanes) is 1. The van der Waals surface area contributed by atoms with Crippen molar-refractivity contribution in [1.82, 2.24) is 5.32 Å². The lowest BCUT2D eigenvalue weighted by atomic mass is 9.99. The fourth-order valence-electron chi connectivity index (χ4n) is 1.58. The van der Waals surface area contributed by atoms with Crippen LogP contribution in [0, 0.1) is 0 Å². The second kappa shape index (κ2) is 6.96. The molecule has 0 fully saturated rings. The third-order valence-electron chi connectivity index (χ3n) is 2.29. The molecule has 0 saturated carbocycles. The summed E-state index contributed by atoms with van der Waals surface area (Å²) in [4.78, 5) is 11.7. The molecule has 0 aliphatic carbocycles. The van der Waals surface area contributed by atoms with Crippen LogP contribution in [0.1, 0.15) is 53.4 Å². The van der Waals surface area contributed by atoms with E-state index >= 15 is 0 Å². The molecular weight excluding hydrogens is 188 g/mol. The fraction of sp³-hybridized carbons (Fsp3) is 0.917. The van der Waals surface area contributed by atoms with E-state index in [2.05, 4.69) is 26.1 Å². The van der Waals surface area contributed by atoms with E-state index in [0.29, 0.717) is 18.7 Å². The number of nitrogens with two attached hydrogens (primary N) is 1. The Kier molecular flexibility index (Phi) is 6.77. The largest absolute Gasteiger partial charge is 0.330 e. The number of carbonyl (C=O) groups is 1. The Hall–Kier alpha value is -0.410. The predicted molar refractivity (Wildman–Crippen MR) is 64.9 cm³/mol. The van der Waals surface area contributed by atoms with Crippen LogP contribution in [0.4, 0.5) is 0 Å². The van der Waals surface area contributed by atoms with Crippen molar-refractivity contribution in [2.45, 2.75) is 65.0 Å². The maximum atomic E-state index is 11.7. The summed E-state index contributed by atoms with van der Waals surface area (Å²) in [7, 11) is 0. The van der Waals surface area contributed by atoms with Crippen molar-refractivity contribution >= 4 is 5.78 Å². The molecule has 0 spiro atoms. The van der Waals surface area contributed by atoms with E-state index in [1.807, 2.05) is 6.92 Å². The summed E-state index contributed by atoms with van der Waals surface area (Å²) < 4.78 is 0. The highest BCUT2D eigenvalue weighted by molar-refractivity contribution is 5.83. The molecule has 0 aromatic rings. The lowest BCUT2D eigenvalue weighted by molar-refractivity contribution is -0.121. The van der Waals surface area contributed by atoms with Crippen molar-refractivity contribution in [3.05, 3.63) is 0 Å². The van der Waals surface area contributed by atoms with Gasteiger partial charge in [0.25, 0.3) is 0 Å². The Morgan fingerprint density at radius 1 is 1.33 bits per heavy atom. The summed E-state index contributed by atoms with van der Waals surface area (Å²) in [5.74, 6) is 0.307. The van der Waals surface area contributed by atoms with Crippen molar-refractivity contribution in [2.75, 3.05) is 6.54 Å². The van der Waals surface area contributed by atoms with Gasteiger partial charge in [-0.05, 0) is 40.2 Å². The lowest BCUT2D eigenvalue weighted by Gasteiger charge is -2.27. The van der Waals surface area contributed by atoms with Gasteiger partial charge in [-0.3, -0.25) is 4.79 Å². The predicted octanol–water partition coefficient (Wildman–Crippen LogP) is 1.85. The number of hydrogen-bond donors (Lipinski definition) is 2. The molecule has 0 heterocycles. The van der Waals surface area contributed by atoms with Gasteiger partial charge in [0.1, 0.15) is 5.78 Å². The van der Waals surface area contributed by atoms with Crippen molar-refractivity contribution in [2.24, 2.45) is 5.73 Å². The molecule has 0 saturated heterocycles. The average molecular weight is 214 g/mol. The fourth-order valence-corrected chi connectivity index (χ4v) is 1.58. The van der Waals surface area contributed by atoms with Crippen LogP contribution < -0.4 is 11.1 Å². The van der Waals surface area contributed by atoms with Gasteiger partial charge < -0.3 is 11.1 Å². The van der Waals surface area contributed by atoms with Crippen LogP contribution in [0.2, 0.25) is 0 Å². The van der Waals surface area contributed by atoms with Crippen molar-refractivity contribution in [1.29, 1.82) is 0 Å². The molecule has 0 aliphatic rings. The smallest absolute Gasteiger partial charge is 0.149 e. The molecule has 0 radical (unpaired) electrons. The minimum Gasteiger partial charge on any atom is -0.330 e. The normalized spacial score (nSPS) is 13.9. The zero-order chi connectivity index (χ0) is 11.9. The molecule has 15 heavy (non-hydrogen) atoms. The average Bonchev–Trinajstić information content (AvgIpc) is 2.13. The minimum absolute atomic E-state index is 0.00144. The van der Waals surface area contributed by atoms with Crippen LogP contribution in [-0.4, -0.2) is 23.9 Å². The molecule has 0 aromatic carbocycles. The summed E-state index contributed by atoms with van der Waals surface area (Å²) >= 11 is 0. The topological polar surface area (TPSA) is 55.1 Å². The molecule has 0 unspecified atom stereocenters. The van der Waals surface area contributed by atoms with Gasteiger partial charge in [-0.25, -0.2) is 0 Å². The lowest BCUT2D eigenvalue weighted by Crippen LogP contribution is -2.47. The number of rotatable bonds is 7. The van der Waals surface area contributed by atoms with E-state index in [0.717, 1.165) is 19.3 Å². The Morgan fingerprint density at radius 3 is 2.33 bits per heavy atom. The first kappa shape index (κ1) is 14.6. The molecule has 3 N–H and O–H groups in total. The molecule has 1 atom stereocenters. The monoisotopic (exact) mass is 214 g/mol. The highest BCUT2D eigenvalue weighted by Gasteiger charge is 2.21. The van der Waals surface area contributed by atoms with Crippen molar-refractivity contribution in [3.8, 4) is 0 Å². The summed E-state index contributed by atoms with van der Waals surface area (Å²) in [5, 5.41) is 3.38. The number of carbonyl (C=O) groups excluding carboxylic acids is 1. The highest BCUT2D eigenvalue weighted by atomic mass is 16.1. The van der Waals surface area contributed by atoms with E-state index < -0.39 is 0 Å². The van der Waals surface area contributed by atoms with Gasteiger partial charge in [-0.2, -0.15) is 0 Å². The minimum atomic E-state index is -0.00177. The van der Waals surface area contributed by atoms with Crippen LogP contribution in [0.25, 0.3) is 0 Å². The maximum Gasteiger partial charge on any atom is 0.149 e. The SMILES string of the molecule is CCC(=O)[C@H](CCCCN)NC(C)(C)C. The Labute approximate surface area is 93.8 Å². The van der Waals surface area contributed by atoms with E-state index in [-0.39, 0.29) is 11.6 Å². The number of ketones is 1. The van der Waals surface area contributed by atoms with E-state index in [4.69, 9.17) is 5.73 Å². The number of nitrogens with one attached hydrogen (secondary N) is 1. The summed E-state index contributed by atoms with van der Waals surface area (Å²) in [6, 6.07) is 0.00144. The third kappa shape index (κ3) is 7.51. The maximum absolute atomic E-state index is 11.7. The van der Waals surface area contributed by atoms with Crippen LogP contribution in [-0.2, 0) is 4.79 Å². The second-order valence-electron chi connectivity index (χ2n) is 5.05. The first-order valence-electron chi connectivity index (χ1n) is 5.91. The summed E-state index contributed by atoms with van der Waals surface area (Å²) in [6.45, 7) is 8.90. The molecular formula is C12H26N2O. The van der Waals surface area contributed by atoms with Gasteiger partial charge in [0.05, 0.1) is 6.04 Å². The zero-order valence-electron chi connectivity index (χ0n) is 10.6. The standard InChI is InChI=1S/C12H26N2O/c1-5-11(15)10(8-6-7-9-13)14-12(2,3)4/h10,14H,5-9,13H2,1-4H3/t10-/m0/s1. The van der Waals surface area contributed by atoms with Gasteiger partial charge in [0.2, 0.25) is 0 Å². The second-order valence-corrected chi connectivity index (χ2v) is 5.05. The van der Waals surface area contributed by atoms with Gasteiger partial charge in [-0.15, -0.1) is 0 Å². The van der Waals surface area contributed by atoms with Gasteiger partial charge >= 0.3 is 0 Å². The van der Waals surface area contributed by atoms with Crippen LogP contribution >= 0.6 is 0 Å². The van der Waals surface area contributed by atoms with Gasteiger partial charge in [0.15, 0.2) is 0 Å². The summed E-state index contributed by atoms with van der Waals surface area (Å²) in [6.07, 6.45) is 3.53. The van der Waals surface area contributed by atoms with E-state index in [1.54, 1.807) is 0 Å². The van der Waals surface area contributed by atoms with Crippen molar-refractivity contribution < 1.29 is 4.79 Å². The molecule has 3 nitrogen and oxygen atoms in total. The Bertz CT molecular complexity index is 185. The molecule has 0 rings (SSSR count). The first-order valence-corrected chi connectivity index (χ1v) is 5.91. The van der Waals surface area contributed by atoms with Crippen LogP contribution in [0.15, 0.2) is 0 Å². The van der Waals surface area contributed by atoms with Crippen LogP contribution in [0.5, 0.6) is 0 Å². The molecule has 0 aromatic heterocycles. The molecule has 3 heteroatoms. The molecule has 0 amide bonds. The van der Waals surface area contributed by atoms with Crippen LogP contribution in [0.3, 0.4) is 0 Å². The van der Waals surface area contributed by atoms with E-state index in [1.165, 1.54) is 0 Å². The van der Waals surface area contributed by atoms with Gasteiger partial charge in [0, 0.05) is 12.0 Å². The molecule has 90 valence electrons. The molecule has 0 aliphatic heterocycles. The Morgan fingerprint density at radius 2 is 1.93 bits per heavy atom. The molecule has 0 bridgehead atoms.